The first-order valence-corrected chi connectivity index (χ1v) is 13.8. The highest BCUT2D eigenvalue weighted by Crippen LogP contribution is 2.26. The number of Topliss-reactive ketones (excluding diaryl/α,β-unsaturated/α-hetero) is 1. The molecule has 1 aromatic carbocycles. The Labute approximate surface area is 229 Å². The molecule has 0 saturated heterocycles. The van der Waals surface area contributed by atoms with Crippen molar-refractivity contribution in [1.29, 1.82) is 0 Å². The van der Waals surface area contributed by atoms with Crippen molar-refractivity contribution in [2.45, 2.75) is 52.5 Å². The molecular weight excluding hydrogens is 495 g/mol. The van der Waals surface area contributed by atoms with E-state index >= 15 is 0 Å². The van der Waals surface area contributed by atoms with Crippen molar-refractivity contribution >= 4 is 11.7 Å². The molecule has 0 saturated carbocycles. The summed E-state index contributed by atoms with van der Waals surface area (Å²) in [6, 6.07) is 12.0. The first-order chi connectivity index (χ1) is 18.9. The lowest BCUT2D eigenvalue weighted by atomic mass is 10.0. The van der Waals surface area contributed by atoms with Crippen LogP contribution < -0.4 is 10.1 Å². The van der Waals surface area contributed by atoms with Crippen LogP contribution in [0.3, 0.4) is 0 Å². The largest absolute Gasteiger partial charge is 0.491 e. The number of aromatic nitrogens is 2. The molecule has 0 aliphatic carbocycles. The van der Waals surface area contributed by atoms with Gasteiger partial charge in [-0.3, -0.25) is 14.6 Å². The van der Waals surface area contributed by atoms with E-state index < -0.39 is 5.82 Å². The average molecular weight is 533 g/mol. The summed E-state index contributed by atoms with van der Waals surface area (Å²) in [5.74, 6) is 0.474. The predicted molar refractivity (Wildman–Crippen MR) is 149 cm³/mol. The van der Waals surface area contributed by atoms with Gasteiger partial charge in [-0.25, -0.2) is 9.37 Å². The van der Waals surface area contributed by atoms with Gasteiger partial charge in [0.25, 0.3) is 5.91 Å². The first kappa shape index (κ1) is 28.4. The number of rotatable bonds is 7. The lowest BCUT2D eigenvalue weighted by Crippen LogP contribution is -2.29. The van der Waals surface area contributed by atoms with Gasteiger partial charge in [0.05, 0.1) is 18.5 Å². The van der Waals surface area contributed by atoms with E-state index in [9.17, 15) is 14.0 Å². The van der Waals surface area contributed by atoms with Gasteiger partial charge in [-0.15, -0.1) is 0 Å². The topological polar surface area (TPSA) is 84.4 Å². The number of hydrogen-bond donors (Lipinski definition) is 1. The van der Waals surface area contributed by atoms with Crippen LogP contribution >= 0.6 is 0 Å². The Hall–Kier alpha value is -3.65. The molecule has 1 aliphatic rings. The van der Waals surface area contributed by atoms with E-state index in [1.54, 1.807) is 24.3 Å². The molecule has 39 heavy (non-hydrogen) atoms. The maximum absolute atomic E-state index is 13.3. The normalized spacial score (nSPS) is 15.1. The molecule has 1 N–H and O–H groups in total. The third-order valence-electron chi connectivity index (χ3n) is 6.81. The average Bonchev–Trinajstić information content (AvgIpc) is 2.93. The van der Waals surface area contributed by atoms with Crippen molar-refractivity contribution in [1.82, 2.24) is 20.2 Å². The third-order valence-corrected chi connectivity index (χ3v) is 6.81. The minimum absolute atomic E-state index is 0.0102. The second-order valence-corrected chi connectivity index (χ2v) is 10.4. The van der Waals surface area contributed by atoms with Crippen molar-refractivity contribution in [2.24, 2.45) is 5.92 Å². The summed E-state index contributed by atoms with van der Waals surface area (Å²) in [4.78, 5) is 36.6. The molecular formula is C31H37FN4O3. The van der Waals surface area contributed by atoms with Crippen LogP contribution in [0.15, 0.2) is 54.9 Å². The predicted octanol–water partition coefficient (Wildman–Crippen LogP) is 5.70. The van der Waals surface area contributed by atoms with E-state index in [1.165, 1.54) is 18.7 Å². The molecule has 3 heterocycles. The molecule has 7 nitrogen and oxygen atoms in total. The second kappa shape index (κ2) is 13.9. The number of nitrogens with one attached hydrogen (secondary N) is 1. The Balaban J connectivity index is 1.41. The number of nitrogens with zero attached hydrogens (tertiary/aromatic N) is 3. The van der Waals surface area contributed by atoms with Crippen LogP contribution in [0.4, 0.5) is 4.39 Å². The number of carbonyl (C=O) groups is 2. The molecule has 0 atom stereocenters. The van der Waals surface area contributed by atoms with Crippen LogP contribution in [0.1, 0.15) is 72.4 Å². The van der Waals surface area contributed by atoms with Crippen molar-refractivity contribution in [3.05, 3.63) is 77.5 Å². The summed E-state index contributed by atoms with van der Waals surface area (Å²) in [7, 11) is 0. The molecule has 4 rings (SSSR count). The van der Waals surface area contributed by atoms with E-state index in [4.69, 9.17) is 4.74 Å². The van der Waals surface area contributed by atoms with E-state index in [2.05, 4.69) is 34.0 Å². The molecule has 0 bridgehead atoms. The van der Waals surface area contributed by atoms with Gasteiger partial charge in [-0.1, -0.05) is 26.0 Å². The zero-order valence-electron chi connectivity index (χ0n) is 22.8. The summed E-state index contributed by atoms with van der Waals surface area (Å²) < 4.78 is 19.3. The molecule has 1 amide bonds. The van der Waals surface area contributed by atoms with Crippen LogP contribution in [0.5, 0.6) is 5.75 Å². The van der Waals surface area contributed by atoms with Gasteiger partial charge in [0.2, 0.25) is 0 Å². The Morgan fingerprint density at radius 1 is 1.08 bits per heavy atom. The number of carbonyl (C=O) groups excluding carboxylic acids is 2. The maximum atomic E-state index is 13.3. The number of ketones is 1. The first-order valence-electron chi connectivity index (χ1n) is 13.8. The van der Waals surface area contributed by atoms with Crippen LogP contribution in [0, 0.1) is 11.7 Å². The molecule has 0 radical (unpaired) electrons. The Bertz CT molecular complexity index is 1260. The van der Waals surface area contributed by atoms with Gasteiger partial charge < -0.3 is 15.0 Å². The molecule has 1 aliphatic heterocycles. The highest BCUT2D eigenvalue weighted by molar-refractivity contribution is 5.97. The minimum Gasteiger partial charge on any atom is -0.491 e. The number of ether oxygens (including phenoxy) is 1. The fourth-order valence-electron chi connectivity index (χ4n) is 4.54. The third kappa shape index (κ3) is 8.42. The number of benzene rings is 1. The number of pyridine rings is 2. The number of hydrogen-bond acceptors (Lipinski definition) is 6. The summed E-state index contributed by atoms with van der Waals surface area (Å²) in [6.45, 7) is 8.27. The van der Waals surface area contributed by atoms with Crippen LogP contribution in [-0.4, -0.2) is 52.8 Å². The minimum atomic E-state index is -0.445. The van der Waals surface area contributed by atoms with Crippen molar-refractivity contribution in [3.63, 3.8) is 0 Å². The van der Waals surface area contributed by atoms with Crippen molar-refractivity contribution < 1.29 is 18.7 Å². The van der Waals surface area contributed by atoms with E-state index in [1.807, 2.05) is 12.1 Å². The van der Waals surface area contributed by atoms with E-state index in [-0.39, 0.29) is 18.2 Å². The standard InChI is InChI=1S/C31H37FN4O3/c1-22(2)13-16-36-14-4-3-6-28(37)30-29(39-17-5-15-36)12-11-27(35-30)24-7-9-25(10-8-24)31(38)34-20-23-18-26(32)21-33-19-23/h7-12,18-19,21-22H,3-6,13-17,20H2,1-2H3,(H,34,38). The lowest BCUT2D eigenvalue weighted by molar-refractivity contribution is 0.0947. The molecule has 2 aromatic heterocycles. The van der Waals surface area contributed by atoms with Gasteiger partial charge in [0, 0.05) is 36.8 Å². The van der Waals surface area contributed by atoms with E-state index in [0.717, 1.165) is 50.7 Å². The van der Waals surface area contributed by atoms with Gasteiger partial charge in [0.15, 0.2) is 5.78 Å². The molecule has 206 valence electrons. The highest BCUT2D eigenvalue weighted by Gasteiger charge is 2.18. The number of halogens is 1. The molecule has 0 fully saturated rings. The van der Waals surface area contributed by atoms with Crippen LogP contribution in [0.2, 0.25) is 0 Å². The van der Waals surface area contributed by atoms with Crippen molar-refractivity contribution in [2.75, 3.05) is 26.2 Å². The summed E-state index contributed by atoms with van der Waals surface area (Å²) in [5.41, 5.74) is 2.86. The van der Waals surface area contributed by atoms with Crippen LogP contribution in [0.25, 0.3) is 11.3 Å². The van der Waals surface area contributed by atoms with Crippen molar-refractivity contribution in [3.8, 4) is 17.0 Å². The zero-order valence-corrected chi connectivity index (χ0v) is 22.8. The fourth-order valence-corrected chi connectivity index (χ4v) is 4.54. The number of fused-ring (bicyclic) bond motifs is 1. The second-order valence-electron chi connectivity index (χ2n) is 10.4. The van der Waals surface area contributed by atoms with E-state index in [0.29, 0.717) is 47.2 Å². The number of amides is 1. The Kier molecular flexibility index (Phi) is 10.1. The zero-order chi connectivity index (χ0) is 27.6. The van der Waals surface area contributed by atoms with Crippen LogP contribution in [-0.2, 0) is 6.54 Å². The summed E-state index contributed by atoms with van der Waals surface area (Å²) >= 11 is 0. The Morgan fingerprint density at radius 3 is 2.64 bits per heavy atom. The summed E-state index contributed by atoms with van der Waals surface area (Å²) in [6.07, 6.45) is 6.94. The maximum Gasteiger partial charge on any atom is 0.251 e. The fraction of sp³-hybridized carbons (Fsp3) is 0.419. The van der Waals surface area contributed by atoms with Gasteiger partial charge >= 0.3 is 0 Å². The van der Waals surface area contributed by atoms with Gasteiger partial charge in [-0.2, -0.15) is 0 Å². The quantitative estimate of drug-likeness (QED) is 0.421. The SMILES string of the molecule is CC(C)CCN1CCCCC(=O)c2nc(-c3ccc(C(=O)NCc4cncc(F)c4)cc3)ccc2OCCC1. The monoisotopic (exact) mass is 532 g/mol. The molecule has 3 aromatic rings. The molecule has 0 spiro atoms. The smallest absolute Gasteiger partial charge is 0.251 e. The highest BCUT2D eigenvalue weighted by atomic mass is 19.1. The lowest BCUT2D eigenvalue weighted by Gasteiger charge is -2.24. The molecule has 8 heteroatoms. The molecule has 0 unspecified atom stereocenters. The summed E-state index contributed by atoms with van der Waals surface area (Å²) in [5, 5.41) is 2.77. The van der Waals surface area contributed by atoms with Gasteiger partial charge in [0.1, 0.15) is 17.3 Å². The Morgan fingerprint density at radius 2 is 1.87 bits per heavy atom. The van der Waals surface area contributed by atoms with Gasteiger partial charge in [-0.05, 0) is 80.6 Å².